The van der Waals surface area contributed by atoms with Gasteiger partial charge in [0, 0.05) is 12.6 Å². The van der Waals surface area contributed by atoms with Gasteiger partial charge in [0.05, 0.1) is 0 Å². The minimum atomic E-state index is -0.550. The van der Waals surface area contributed by atoms with Crippen LogP contribution >= 0.6 is 0 Å². The summed E-state index contributed by atoms with van der Waals surface area (Å²) in [5.74, 6) is -0.548. The van der Waals surface area contributed by atoms with Crippen LogP contribution in [0.4, 0.5) is 8.78 Å². The van der Waals surface area contributed by atoms with Crippen LogP contribution in [0.2, 0.25) is 0 Å². The van der Waals surface area contributed by atoms with Crippen molar-refractivity contribution >= 4 is 0 Å². The predicted octanol–water partition coefficient (Wildman–Crippen LogP) is 4.01. The smallest absolute Gasteiger partial charge is 0.165 e. The lowest BCUT2D eigenvalue weighted by Gasteiger charge is -2.23. The van der Waals surface area contributed by atoms with Gasteiger partial charge in [-0.25, -0.2) is 8.78 Å². The Kier molecular flexibility index (Phi) is 4.68. The number of hydrogen-bond acceptors (Lipinski definition) is 2. The van der Waals surface area contributed by atoms with Crippen molar-refractivity contribution in [3.8, 4) is 5.75 Å². The summed E-state index contributed by atoms with van der Waals surface area (Å²) in [6, 6.07) is 11.4. The van der Waals surface area contributed by atoms with Gasteiger partial charge in [0.1, 0.15) is 12.4 Å². The molecule has 4 heteroatoms. The van der Waals surface area contributed by atoms with Crippen LogP contribution in [-0.2, 0) is 6.61 Å². The van der Waals surface area contributed by atoms with Crippen LogP contribution in [0.1, 0.15) is 29.9 Å². The molecule has 0 spiro atoms. The van der Waals surface area contributed by atoms with E-state index in [1.165, 1.54) is 18.4 Å². The SMILES string of the molecule is Fc1ccc(F)c(OCc2ccc(C3CCCNC3)cc2)c1. The Morgan fingerprint density at radius 1 is 1.09 bits per heavy atom. The molecule has 0 aliphatic carbocycles. The summed E-state index contributed by atoms with van der Waals surface area (Å²) >= 11 is 0. The van der Waals surface area contributed by atoms with Gasteiger partial charge in [-0.05, 0) is 48.6 Å². The van der Waals surface area contributed by atoms with Gasteiger partial charge in [0.2, 0.25) is 0 Å². The third-order valence-corrected chi connectivity index (χ3v) is 4.04. The van der Waals surface area contributed by atoms with Crippen molar-refractivity contribution < 1.29 is 13.5 Å². The Balaban J connectivity index is 1.62. The molecule has 1 aliphatic heterocycles. The number of hydrogen-bond donors (Lipinski definition) is 1. The zero-order chi connectivity index (χ0) is 15.4. The van der Waals surface area contributed by atoms with Crippen LogP contribution in [0.15, 0.2) is 42.5 Å². The second-order valence-electron chi connectivity index (χ2n) is 5.65. The number of rotatable bonds is 4. The monoisotopic (exact) mass is 303 g/mol. The van der Waals surface area contributed by atoms with Gasteiger partial charge in [-0.3, -0.25) is 0 Å². The van der Waals surface area contributed by atoms with Crippen molar-refractivity contribution in [1.29, 1.82) is 0 Å². The van der Waals surface area contributed by atoms with E-state index in [0.29, 0.717) is 5.92 Å². The maximum absolute atomic E-state index is 13.5. The van der Waals surface area contributed by atoms with Crippen LogP contribution < -0.4 is 10.1 Å². The first-order valence-corrected chi connectivity index (χ1v) is 7.60. The quantitative estimate of drug-likeness (QED) is 0.921. The fraction of sp³-hybridized carbons (Fsp3) is 0.333. The topological polar surface area (TPSA) is 21.3 Å². The summed E-state index contributed by atoms with van der Waals surface area (Å²) < 4.78 is 31.9. The van der Waals surface area contributed by atoms with E-state index in [1.807, 2.05) is 12.1 Å². The summed E-state index contributed by atoms with van der Waals surface area (Å²) in [6.07, 6.45) is 2.41. The third kappa shape index (κ3) is 3.63. The predicted molar refractivity (Wildman–Crippen MR) is 82.0 cm³/mol. The van der Waals surface area contributed by atoms with E-state index in [9.17, 15) is 8.78 Å². The molecule has 1 saturated heterocycles. The molecule has 1 unspecified atom stereocenters. The lowest BCUT2D eigenvalue weighted by Crippen LogP contribution is -2.28. The van der Waals surface area contributed by atoms with Crippen molar-refractivity contribution in [2.24, 2.45) is 0 Å². The van der Waals surface area contributed by atoms with Crippen molar-refractivity contribution in [3.63, 3.8) is 0 Å². The number of nitrogens with one attached hydrogen (secondary N) is 1. The van der Waals surface area contributed by atoms with E-state index in [0.717, 1.165) is 36.9 Å². The fourth-order valence-corrected chi connectivity index (χ4v) is 2.77. The van der Waals surface area contributed by atoms with Crippen LogP contribution in [0.5, 0.6) is 5.75 Å². The van der Waals surface area contributed by atoms with E-state index in [-0.39, 0.29) is 12.4 Å². The molecule has 2 nitrogen and oxygen atoms in total. The van der Waals surface area contributed by atoms with E-state index in [1.54, 1.807) is 0 Å². The summed E-state index contributed by atoms with van der Waals surface area (Å²) in [7, 11) is 0. The highest BCUT2D eigenvalue weighted by atomic mass is 19.1. The molecule has 2 aromatic rings. The Hall–Kier alpha value is -1.94. The molecule has 22 heavy (non-hydrogen) atoms. The van der Waals surface area contributed by atoms with E-state index in [2.05, 4.69) is 17.4 Å². The zero-order valence-electron chi connectivity index (χ0n) is 12.3. The molecule has 1 heterocycles. The molecule has 116 valence electrons. The summed E-state index contributed by atoms with van der Waals surface area (Å²) in [5.41, 5.74) is 2.25. The Labute approximate surface area is 129 Å². The molecule has 0 amide bonds. The average Bonchev–Trinajstić information content (AvgIpc) is 2.57. The highest BCUT2D eigenvalue weighted by Gasteiger charge is 2.14. The number of piperidine rings is 1. The molecule has 0 aromatic heterocycles. The van der Waals surface area contributed by atoms with Crippen molar-refractivity contribution in [3.05, 3.63) is 65.2 Å². The lowest BCUT2D eigenvalue weighted by atomic mass is 9.91. The molecule has 0 radical (unpaired) electrons. The summed E-state index contributed by atoms with van der Waals surface area (Å²) in [6.45, 7) is 2.34. The second-order valence-corrected chi connectivity index (χ2v) is 5.65. The van der Waals surface area contributed by atoms with E-state index < -0.39 is 11.6 Å². The van der Waals surface area contributed by atoms with E-state index in [4.69, 9.17) is 4.74 Å². The lowest BCUT2D eigenvalue weighted by molar-refractivity contribution is 0.288. The molecule has 3 rings (SSSR count). The second kappa shape index (κ2) is 6.88. The van der Waals surface area contributed by atoms with E-state index >= 15 is 0 Å². The first-order valence-electron chi connectivity index (χ1n) is 7.60. The number of halogens is 2. The maximum atomic E-state index is 13.5. The average molecular weight is 303 g/mol. The number of benzene rings is 2. The van der Waals surface area contributed by atoms with Crippen LogP contribution in [0, 0.1) is 11.6 Å². The zero-order valence-corrected chi connectivity index (χ0v) is 12.3. The van der Waals surface area contributed by atoms with Gasteiger partial charge in [0.25, 0.3) is 0 Å². The molecule has 1 N–H and O–H groups in total. The van der Waals surface area contributed by atoms with Gasteiger partial charge < -0.3 is 10.1 Å². The minimum Gasteiger partial charge on any atom is -0.486 e. The largest absolute Gasteiger partial charge is 0.486 e. The third-order valence-electron chi connectivity index (χ3n) is 4.04. The first kappa shape index (κ1) is 15.0. The maximum Gasteiger partial charge on any atom is 0.165 e. The van der Waals surface area contributed by atoms with Gasteiger partial charge >= 0.3 is 0 Å². The summed E-state index contributed by atoms with van der Waals surface area (Å²) in [4.78, 5) is 0. The van der Waals surface area contributed by atoms with Crippen LogP contribution in [0.3, 0.4) is 0 Å². The van der Waals surface area contributed by atoms with Gasteiger partial charge in [-0.1, -0.05) is 24.3 Å². The Morgan fingerprint density at radius 2 is 1.91 bits per heavy atom. The molecule has 0 saturated carbocycles. The minimum absolute atomic E-state index is 0.0550. The molecule has 1 fully saturated rings. The molecule has 2 aromatic carbocycles. The summed E-state index contributed by atoms with van der Waals surface area (Å²) in [5, 5.41) is 3.40. The highest BCUT2D eigenvalue weighted by molar-refractivity contribution is 5.28. The standard InChI is InChI=1S/C18H19F2NO/c19-16-7-8-17(20)18(10-16)22-12-13-3-5-14(6-4-13)15-2-1-9-21-11-15/h3-8,10,15,21H,1-2,9,11-12H2. The Bertz CT molecular complexity index is 621. The molecule has 1 atom stereocenters. The molecular weight excluding hydrogens is 284 g/mol. The number of ether oxygens (including phenoxy) is 1. The normalized spacial score (nSPS) is 18.2. The van der Waals surface area contributed by atoms with Crippen LogP contribution in [-0.4, -0.2) is 13.1 Å². The van der Waals surface area contributed by atoms with Crippen molar-refractivity contribution in [2.75, 3.05) is 13.1 Å². The van der Waals surface area contributed by atoms with Gasteiger partial charge in [0.15, 0.2) is 11.6 Å². The van der Waals surface area contributed by atoms with Crippen molar-refractivity contribution in [1.82, 2.24) is 5.32 Å². The highest BCUT2D eigenvalue weighted by Crippen LogP contribution is 2.24. The molecule has 0 bridgehead atoms. The fourth-order valence-electron chi connectivity index (χ4n) is 2.77. The molecular formula is C18H19F2NO. The molecule has 1 aliphatic rings. The van der Waals surface area contributed by atoms with Gasteiger partial charge in [-0.2, -0.15) is 0 Å². The van der Waals surface area contributed by atoms with Gasteiger partial charge in [-0.15, -0.1) is 0 Å². The van der Waals surface area contributed by atoms with Crippen LogP contribution in [0.25, 0.3) is 0 Å². The van der Waals surface area contributed by atoms with Crippen molar-refractivity contribution in [2.45, 2.75) is 25.4 Å². The Morgan fingerprint density at radius 3 is 2.64 bits per heavy atom. The first-order chi connectivity index (χ1) is 10.7.